The van der Waals surface area contributed by atoms with E-state index in [4.69, 9.17) is 10.3 Å². The highest BCUT2D eigenvalue weighted by atomic mass is 79.9. The molecular formula is C13H10BrN3OS. The maximum Gasteiger partial charge on any atom is 0.196 e. The molecule has 2 aromatic heterocycles. The average molecular weight is 336 g/mol. The highest BCUT2D eigenvalue weighted by Crippen LogP contribution is 2.37. The Morgan fingerprint density at radius 3 is 2.63 bits per heavy atom. The number of hydrogen-bond acceptors (Lipinski definition) is 5. The third kappa shape index (κ3) is 2.29. The number of aromatic nitrogens is 2. The lowest BCUT2D eigenvalue weighted by atomic mass is 10.1. The molecule has 4 nitrogen and oxygen atoms in total. The molecule has 2 heterocycles. The third-order valence-electron chi connectivity index (χ3n) is 2.70. The van der Waals surface area contributed by atoms with E-state index in [1.165, 1.54) is 0 Å². The SMILES string of the molecule is Cc1nc(-c2onc(N)c2-c2ccc(Br)cc2)cs1. The van der Waals surface area contributed by atoms with Crippen LogP contribution < -0.4 is 5.73 Å². The van der Waals surface area contributed by atoms with Crippen molar-refractivity contribution in [3.05, 3.63) is 39.1 Å². The van der Waals surface area contributed by atoms with Crippen LogP contribution in [0.1, 0.15) is 5.01 Å². The molecule has 19 heavy (non-hydrogen) atoms. The minimum absolute atomic E-state index is 0.378. The van der Waals surface area contributed by atoms with Gasteiger partial charge in [-0.3, -0.25) is 0 Å². The molecule has 0 bridgehead atoms. The first-order chi connectivity index (χ1) is 9.15. The average Bonchev–Trinajstić information content (AvgIpc) is 2.97. The summed E-state index contributed by atoms with van der Waals surface area (Å²) in [5.41, 5.74) is 8.43. The fraction of sp³-hybridized carbons (Fsp3) is 0.0769. The van der Waals surface area contributed by atoms with E-state index in [9.17, 15) is 0 Å². The van der Waals surface area contributed by atoms with Crippen LogP contribution in [0.2, 0.25) is 0 Å². The largest absolute Gasteiger partial charge is 0.380 e. The summed E-state index contributed by atoms with van der Waals surface area (Å²) in [6.07, 6.45) is 0. The van der Waals surface area contributed by atoms with Gasteiger partial charge in [-0.05, 0) is 24.6 Å². The van der Waals surface area contributed by atoms with Gasteiger partial charge in [-0.25, -0.2) is 4.98 Å². The number of halogens is 1. The van der Waals surface area contributed by atoms with Crippen molar-refractivity contribution in [2.24, 2.45) is 0 Å². The lowest BCUT2D eigenvalue weighted by Gasteiger charge is -2.01. The Labute approximate surface area is 122 Å². The Morgan fingerprint density at radius 2 is 2.00 bits per heavy atom. The number of anilines is 1. The van der Waals surface area contributed by atoms with Gasteiger partial charge in [-0.15, -0.1) is 11.3 Å². The number of nitrogens with zero attached hydrogens (tertiary/aromatic N) is 2. The second-order valence-corrected chi connectivity index (χ2v) is 6.01. The van der Waals surface area contributed by atoms with Crippen molar-refractivity contribution in [1.82, 2.24) is 10.1 Å². The number of aryl methyl sites for hydroxylation is 1. The van der Waals surface area contributed by atoms with Gasteiger partial charge in [-0.1, -0.05) is 33.2 Å². The van der Waals surface area contributed by atoms with Crippen LogP contribution in [0, 0.1) is 6.92 Å². The van der Waals surface area contributed by atoms with Crippen molar-refractivity contribution < 1.29 is 4.52 Å². The van der Waals surface area contributed by atoms with Crippen LogP contribution in [0.4, 0.5) is 5.82 Å². The zero-order valence-corrected chi connectivity index (χ0v) is 12.5. The first-order valence-electron chi connectivity index (χ1n) is 5.59. The van der Waals surface area contributed by atoms with E-state index in [1.54, 1.807) is 11.3 Å². The summed E-state index contributed by atoms with van der Waals surface area (Å²) in [5, 5.41) is 6.78. The smallest absolute Gasteiger partial charge is 0.196 e. The molecular weight excluding hydrogens is 326 g/mol. The quantitative estimate of drug-likeness (QED) is 0.765. The number of hydrogen-bond donors (Lipinski definition) is 1. The predicted octanol–water partition coefficient (Wildman–Crippen LogP) is 4.12. The van der Waals surface area contributed by atoms with Crippen molar-refractivity contribution in [2.75, 3.05) is 5.73 Å². The van der Waals surface area contributed by atoms with Crippen molar-refractivity contribution >= 4 is 33.1 Å². The number of benzene rings is 1. The summed E-state index contributed by atoms with van der Waals surface area (Å²) in [6.45, 7) is 1.95. The molecule has 0 atom stereocenters. The summed E-state index contributed by atoms with van der Waals surface area (Å²) in [4.78, 5) is 4.42. The second-order valence-electron chi connectivity index (χ2n) is 4.03. The molecule has 6 heteroatoms. The Balaban J connectivity index is 2.16. The summed E-state index contributed by atoms with van der Waals surface area (Å²) in [6, 6.07) is 7.85. The van der Waals surface area contributed by atoms with Crippen LogP contribution in [0.15, 0.2) is 38.6 Å². The molecule has 3 rings (SSSR count). The van der Waals surface area contributed by atoms with Gasteiger partial charge in [0.25, 0.3) is 0 Å². The monoisotopic (exact) mass is 335 g/mol. The predicted molar refractivity (Wildman–Crippen MR) is 79.9 cm³/mol. The first kappa shape index (κ1) is 12.4. The van der Waals surface area contributed by atoms with Crippen LogP contribution in [0.25, 0.3) is 22.6 Å². The first-order valence-corrected chi connectivity index (χ1v) is 7.26. The molecule has 0 fully saturated rings. The number of rotatable bonds is 2. The maximum absolute atomic E-state index is 5.91. The van der Waals surface area contributed by atoms with Gasteiger partial charge in [-0.2, -0.15) is 0 Å². The molecule has 3 aromatic rings. The standard InChI is InChI=1S/C13H10BrN3OS/c1-7-16-10(6-19-7)12-11(13(15)17-18-12)8-2-4-9(14)5-3-8/h2-6H,1H3,(H2,15,17). The summed E-state index contributed by atoms with van der Waals surface area (Å²) >= 11 is 4.98. The third-order valence-corrected chi connectivity index (χ3v) is 4.01. The van der Waals surface area contributed by atoms with E-state index in [1.807, 2.05) is 36.6 Å². The molecule has 0 spiro atoms. The fourth-order valence-corrected chi connectivity index (χ4v) is 2.70. The van der Waals surface area contributed by atoms with E-state index >= 15 is 0 Å². The summed E-state index contributed by atoms with van der Waals surface area (Å²) in [5.74, 6) is 0.993. The van der Waals surface area contributed by atoms with E-state index in [0.717, 1.165) is 26.3 Å². The van der Waals surface area contributed by atoms with Crippen molar-refractivity contribution in [3.8, 4) is 22.6 Å². The molecule has 0 aliphatic carbocycles. The molecule has 0 amide bonds. The molecule has 96 valence electrons. The van der Waals surface area contributed by atoms with Gasteiger partial charge in [0.2, 0.25) is 0 Å². The summed E-state index contributed by atoms with van der Waals surface area (Å²) < 4.78 is 6.35. The van der Waals surface area contributed by atoms with Crippen LogP contribution >= 0.6 is 27.3 Å². The molecule has 1 aromatic carbocycles. The zero-order chi connectivity index (χ0) is 13.4. The van der Waals surface area contributed by atoms with Crippen LogP contribution in [0.3, 0.4) is 0 Å². The minimum Gasteiger partial charge on any atom is -0.380 e. The number of thiazole rings is 1. The van der Waals surface area contributed by atoms with Gasteiger partial charge < -0.3 is 10.3 Å². The van der Waals surface area contributed by atoms with Crippen molar-refractivity contribution in [1.29, 1.82) is 0 Å². The van der Waals surface area contributed by atoms with Gasteiger partial charge in [0.15, 0.2) is 11.6 Å². The minimum atomic E-state index is 0.378. The topological polar surface area (TPSA) is 64.9 Å². The molecule has 2 N–H and O–H groups in total. The number of nitrogens with two attached hydrogens (primary N) is 1. The molecule has 0 aliphatic rings. The van der Waals surface area contributed by atoms with Crippen molar-refractivity contribution in [3.63, 3.8) is 0 Å². The van der Waals surface area contributed by atoms with Gasteiger partial charge in [0.1, 0.15) is 5.69 Å². The van der Waals surface area contributed by atoms with Crippen molar-refractivity contribution in [2.45, 2.75) is 6.92 Å². The molecule has 0 saturated heterocycles. The van der Waals surface area contributed by atoms with E-state index < -0.39 is 0 Å². The molecule has 0 saturated carbocycles. The highest BCUT2D eigenvalue weighted by Gasteiger charge is 2.19. The Hall–Kier alpha value is -1.66. The summed E-state index contributed by atoms with van der Waals surface area (Å²) in [7, 11) is 0. The molecule has 0 unspecified atom stereocenters. The highest BCUT2D eigenvalue weighted by molar-refractivity contribution is 9.10. The normalized spacial score (nSPS) is 10.8. The Morgan fingerprint density at radius 1 is 1.26 bits per heavy atom. The molecule has 0 radical (unpaired) electrons. The van der Waals surface area contributed by atoms with Crippen LogP contribution in [-0.2, 0) is 0 Å². The lowest BCUT2D eigenvalue weighted by Crippen LogP contribution is -1.88. The Bertz CT molecular complexity index is 718. The van der Waals surface area contributed by atoms with E-state index in [2.05, 4.69) is 26.1 Å². The van der Waals surface area contributed by atoms with Gasteiger partial charge in [0.05, 0.1) is 10.6 Å². The van der Waals surface area contributed by atoms with E-state index in [0.29, 0.717) is 11.6 Å². The Kier molecular flexibility index (Phi) is 3.12. The van der Waals surface area contributed by atoms with E-state index in [-0.39, 0.29) is 0 Å². The van der Waals surface area contributed by atoms with Gasteiger partial charge >= 0.3 is 0 Å². The second kappa shape index (κ2) is 4.79. The van der Waals surface area contributed by atoms with Crippen LogP contribution in [-0.4, -0.2) is 10.1 Å². The lowest BCUT2D eigenvalue weighted by molar-refractivity contribution is 0.435. The van der Waals surface area contributed by atoms with Crippen LogP contribution in [0.5, 0.6) is 0 Å². The zero-order valence-electron chi connectivity index (χ0n) is 10.1. The maximum atomic E-state index is 5.91. The number of nitrogen functional groups attached to an aromatic ring is 1. The fourth-order valence-electron chi connectivity index (χ4n) is 1.84. The van der Waals surface area contributed by atoms with Gasteiger partial charge in [0, 0.05) is 9.85 Å². The molecule has 0 aliphatic heterocycles.